The first-order chi connectivity index (χ1) is 3.12. The molecule has 0 aliphatic rings. The minimum Gasteiger partial charge on any atom is -0.327 e. The summed E-state index contributed by atoms with van der Waals surface area (Å²) in [7, 11) is 0. The van der Waals surface area contributed by atoms with E-state index in [1.165, 1.54) is 13.0 Å². The maximum absolute atomic E-state index is 12.3. The average Bonchev–Trinajstić information content (AvgIpc) is 1.68. The van der Waals surface area contributed by atoms with Gasteiger partial charge in [0, 0.05) is 6.54 Å². The van der Waals surface area contributed by atoms with Gasteiger partial charge in [-0.05, 0) is 6.92 Å². The molecule has 0 saturated carbocycles. The highest BCUT2D eigenvalue weighted by Gasteiger charge is 2.13. The Bertz CT molecular complexity index is 68.5. The second-order valence-corrected chi connectivity index (χ2v) is 1.69. The number of rotatable bonds is 2. The summed E-state index contributed by atoms with van der Waals surface area (Å²) >= 11 is 0. The van der Waals surface area contributed by atoms with Gasteiger partial charge in [0.15, 0.2) is 0 Å². The lowest BCUT2D eigenvalue weighted by Crippen LogP contribution is -2.25. The van der Waals surface area contributed by atoms with Crippen molar-refractivity contribution in [2.45, 2.75) is 12.6 Å². The van der Waals surface area contributed by atoms with Gasteiger partial charge in [0.25, 0.3) is 0 Å². The molecular formula is C5H10FN. The van der Waals surface area contributed by atoms with E-state index in [2.05, 4.69) is 6.58 Å². The summed E-state index contributed by atoms with van der Waals surface area (Å²) in [6, 6.07) is 0. The summed E-state index contributed by atoms with van der Waals surface area (Å²) in [6.07, 6.45) is 1.20. The molecule has 0 amide bonds. The Morgan fingerprint density at radius 3 is 2.43 bits per heavy atom. The first kappa shape index (κ1) is 6.63. The highest BCUT2D eigenvalue weighted by atomic mass is 19.1. The summed E-state index contributed by atoms with van der Waals surface area (Å²) < 4.78 is 12.3. The molecule has 0 aliphatic carbocycles. The number of hydrogen-bond donors (Lipinski definition) is 1. The van der Waals surface area contributed by atoms with E-state index in [-0.39, 0.29) is 6.54 Å². The highest BCUT2D eigenvalue weighted by molar-refractivity contribution is 4.92. The summed E-state index contributed by atoms with van der Waals surface area (Å²) in [5.74, 6) is 0. The van der Waals surface area contributed by atoms with Gasteiger partial charge in [-0.15, -0.1) is 0 Å². The van der Waals surface area contributed by atoms with Crippen LogP contribution in [0.25, 0.3) is 0 Å². The molecule has 0 rings (SSSR count). The Morgan fingerprint density at radius 1 is 2.00 bits per heavy atom. The van der Waals surface area contributed by atoms with Crippen LogP contribution >= 0.6 is 0 Å². The van der Waals surface area contributed by atoms with Crippen LogP contribution in [0.2, 0.25) is 0 Å². The zero-order valence-electron chi connectivity index (χ0n) is 4.45. The fourth-order valence-electron chi connectivity index (χ4n) is 0.0833. The Labute approximate surface area is 43.0 Å². The minimum absolute atomic E-state index is 0.0104. The number of nitrogens with two attached hydrogens (primary N) is 1. The molecule has 7 heavy (non-hydrogen) atoms. The Hall–Kier alpha value is -0.370. The quantitative estimate of drug-likeness (QED) is 0.515. The van der Waals surface area contributed by atoms with Crippen LogP contribution in [0.5, 0.6) is 0 Å². The van der Waals surface area contributed by atoms with Gasteiger partial charge in [0.05, 0.1) is 0 Å². The average molecular weight is 103 g/mol. The summed E-state index contributed by atoms with van der Waals surface area (Å²) in [5.41, 5.74) is 3.60. The van der Waals surface area contributed by atoms with Crippen LogP contribution in [0, 0.1) is 0 Å². The van der Waals surface area contributed by atoms with Gasteiger partial charge >= 0.3 is 0 Å². The molecule has 2 N–H and O–H groups in total. The van der Waals surface area contributed by atoms with Crippen LogP contribution in [0.1, 0.15) is 6.92 Å². The lowest BCUT2D eigenvalue weighted by Gasteiger charge is -2.09. The summed E-state index contributed by atoms with van der Waals surface area (Å²) in [4.78, 5) is 0. The fourth-order valence-corrected chi connectivity index (χ4v) is 0.0833. The normalized spacial score (nSPS) is 18.1. The van der Waals surface area contributed by atoms with Gasteiger partial charge < -0.3 is 5.73 Å². The van der Waals surface area contributed by atoms with E-state index in [9.17, 15) is 4.39 Å². The minimum atomic E-state index is -1.38. The molecular weight excluding hydrogens is 93.1 g/mol. The van der Waals surface area contributed by atoms with E-state index in [1.54, 1.807) is 0 Å². The van der Waals surface area contributed by atoms with Crippen LogP contribution in [0.15, 0.2) is 12.7 Å². The maximum Gasteiger partial charge on any atom is 0.138 e. The molecule has 0 aliphatic heterocycles. The van der Waals surface area contributed by atoms with Crippen molar-refractivity contribution in [3.63, 3.8) is 0 Å². The van der Waals surface area contributed by atoms with Crippen molar-refractivity contribution in [1.29, 1.82) is 0 Å². The first-order valence-corrected chi connectivity index (χ1v) is 2.15. The Morgan fingerprint density at radius 2 is 2.43 bits per heavy atom. The smallest absolute Gasteiger partial charge is 0.138 e. The van der Waals surface area contributed by atoms with Crippen molar-refractivity contribution in [1.82, 2.24) is 0 Å². The maximum atomic E-state index is 12.3. The molecule has 0 heterocycles. The van der Waals surface area contributed by atoms with Gasteiger partial charge in [-0.3, -0.25) is 0 Å². The molecule has 0 aromatic heterocycles. The van der Waals surface area contributed by atoms with E-state index < -0.39 is 5.67 Å². The van der Waals surface area contributed by atoms with Crippen LogP contribution < -0.4 is 5.73 Å². The zero-order chi connectivity index (χ0) is 5.91. The van der Waals surface area contributed by atoms with E-state index in [0.717, 1.165) is 0 Å². The Kier molecular flexibility index (Phi) is 1.96. The largest absolute Gasteiger partial charge is 0.327 e. The zero-order valence-corrected chi connectivity index (χ0v) is 4.45. The fraction of sp³-hybridized carbons (Fsp3) is 0.600. The van der Waals surface area contributed by atoms with Crippen LogP contribution in [-0.4, -0.2) is 12.2 Å². The van der Waals surface area contributed by atoms with Gasteiger partial charge in [-0.25, -0.2) is 4.39 Å². The molecule has 0 spiro atoms. The standard InChI is InChI=1S/C5H10FN/c1-3-5(2,6)4-7/h3H,1,4,7H2,2H3. The van der Waals surface area contributed by atoms with Crippen molar-refractivity contribution in [3.8, 4) is 0 Å². The molecule has 0 saturated heterocycles. The van der Waals surface area contributed by atoms with Crippen molar-refractivity contribution in [3.05, 3.63) is 12.7 Å². The molecule has 0 aromatic carbocycles. The lowest BCUT2D eigenvalue weighted by molar-refractivity contribution is 0.268. The third-order valence-electron chi connectivity index (χ3n) is 0.825. The van der Waals surface area contributed by atoms with Crippen LogP contribution in [0.4, 0.5) is 4.39 Å². The van der Waals surface area contributed by atoms with Gasteiger partial charge in [0.1, 0.15) is 5.67 Å². The van der Waals surface area contributed by atoms with Crippen molar-refractivity contribution in [2.75, 3.05) is 6.54 Å². The third kappa shape index (κ3) is 2.34. The van der Waals surface area contributed by atoms with E-state index in [4.69, 9.17) is 5.73 Å². The van der Waals surface area contributed by atoms with Crippen LogP contribution in [0.3, 0.4) is 0 Å². The second kappa shape index (κ2) is 2.07. The third-order valence-corrected chi connectivity index (χ3v) is 0.825. The molecule has 0 bridgehead atoms. The molecule has 42 valence electrons. The number of halogens is 1. The second-order valence-electron chi connectivity index (χ2n) is 1.69. The van der Waals surface area contributed by atoms with E-state index in [0.29, 0.717) is 0 Å². The summed E-state index contributed by atoms with van der Waals surface area (Å²) in [6.45, 7) is 4.65. The molecule has 1 unspecified atom stereocenters. The molecule has 0 radical (unpaired) electrons. The summed E-state index contributed by atoms with van der Waals surface area (Å²) in [5, 5.41) is 0. The Balaban J connectivity index is 3.58. The number of hydrogen-bond acceptors (Lipinski definition) is 1. The lowest BCUT2D eigenvalue weighted by atomic mass is 10.1. The van der Waals surface area contributed by atoms with Crippen LogP contribution in [-0.2, 0) is 0 Å². The SMILES string of the molecule is C=CC(C)(F)CN. The van der Waals surface area contributed by atoms with Crippen molar-refractivity contribution in [2.24, 2.45) is 5.73 Å². The monoisotopic (exact) mass is 103 g/mol. The molecule has 0 fully saturated rings. The first-order valence-electron chi connectivity index (χ1n) is 2.15. The molecule has 2 heteroatoms. The van der Waals surface area contributed by atoms with Crippen molar-refractivity contribution >= 4 is 0 Å². The molecule has 1 atom stereocenters. The van der Waals surface area contributed by atoms with Gasteiger partial charge in [-0.2, -0.15) is 0 Å². The highest BCUT2D eigenvalue weighted by Crippen LogP contribution is 2.06. The molecule has 1 nitrogen and oxygen atoms in total. The number of alkyl halides is 1. The van der Waals surface area contributed by atoms with Crippen molar-refractivity contribution < 1.29 is 4.39 Å². The van der Waals surface area contributed by atoms with Gasteiger partial charge in [0.2, 0.25) is 0 Å². The topological polar surface area (TPSA) is 26.0 Å². The molecule has 0 aromatic rings. The van der Waals surface area contributed by atoms with Gasteiger partial charge in [-0.1, -0.05) is 12.7 Å². The van der Waals surface area contributed by atoms with E-state index in [1.807, 2.05) is 0 Å². The predicted molar refractivity (Wildman–Crippen MR) is 28.8 cm³/mol. The van der Waals surface area contributed by atoms with E-state index >= 15 is 0 Å². The predicted octanol–water partition coefficient (Wildman–Crippen LogP) is 0.859.